The minimum absolute atomic E-state index is 0.247. The number of methoxy groups -OCH3 is 3. The Hall–Kier alpha value is -3.13. The molecule has 0 aromatic heterocycles. The fraction of sp³-hybridized carbons (Fsp3) is 0.417. The molecule has 3 rings (SSSR count). The minimum atomic E-state index is -0.488. The lowest BCUT2D eigenvalue weighted by Crippen LogP contribution is -2.47. The first kappa shape index (κ1) is 24.5. The van der Waals surface area contributed by atoms with Crippen LogP contribution in [0.5, 0.6) is 11.5 Å². The minimum Gasteiger partial charge on any atom is -0.493 e. The molecular weight excluding hydrogens is 448 g/mol. The average Bonchev–Trinajstić information content (AvgIpc) is 2.80. The van der Waals surface area contributed by atoms with Gasteiger partial charge in [0.25, 0.3) is 0 Å². The number of carbonyl (C=O) groups is 2. The summed E-state index contributed by atoms with van der Waals surface area (Å²) in [5.41, 5.74) is 2.18. The number of fused-ring (bicyclic) bond motifs is 1. The quantitative estimate of drug-likeness (QED) is 0.553. The molecule has 0 saturated heterocycles. The first-order valence-electron chi connectivity index (χ1n) is 10.6. The fourth-order valence-corrected chi connectivity index (χ4v) is 4.38. The summed E-state index contributed by atoms with van der Waals surface area (Å²) in [7, 11) is 4.42. The Bertz CT molecular complexity index is 1010. The van der Waals surface area contributed by atoms with Crippen molar-refractivity contribution in [2.75, 3.05) is 32.8 Å². The van der Waals surface area contributed by atoms with E-state index in [0.717, 1.165) is 11.1 Å². The van der Waals surface area contributed by atoms with E-state index in [2.05, 4.69) is 0 Å². The second-order valence-corrected chi connectivity index (χ2v) is 8.10. The zero-order valence-electron chi connectivity index (χ0n) is 19.5. The number of ether oxygens (including phenoxy) is 4. The van der Waals surface area contributed by atoms with Crippen LogP contribution in [0, 0.1) is 0 Å². The van der Waals surface area contributed by atoms with Crippen molar-refractivity contribution in [3.63, 3.8) is 0 Å². The van der Waals surface area contributed by atoms with Crippen molar-refractivity contribution in [2.45, 2.75) is 38.9 Å². The average molecular weight is 477 g/mol. The summed E-state index contributed by atoms with van der Waals surface area (Å²) >= 11 is 6.17. The van der Waals surface area contributed by atoms with E-state index < -0.39 is 18.2 Å². The van der Waals surface area contributed by atoms with Crippen LogP contribution >= 0.6 is 11.6 Å². The molecule has 2 atom stereocenters. The first-order chi connectivity index (χ1) is 15.8. The molecule has 0 fully saturated rings. The predicted octanol–water partition coefficient (Wildman–Crippen LogP) is 5.42. The van der Waals surface area contributed by atoms with E-state index in [9.17, 15) is 9.59 Å². The van der Waals surface area contributed by atoms with E-state index in [4.69, 9.17) is 30.5 Å². The predicted molar refractivity (Wildman–Crippen MR) is 125 cm³/mol. The number of nitrogens with zero attached hydrogens (tertiary/aromatic N) is 2. The van der Waals surface area contributed by atoms with Gasteiger partial charge in [-0.15, -0.1) is 0 Å². The number of anilines is 1. The second-order valence-electron chi connectivity index (χ2n) is 7.66. The van der Waals surface area contributed by atoms with E-state index >= 15 is 0 Å². The molecule has 0 saturated carbocycles. The Morgan fingerprint density at radius 1 is 1.12 bits per heavy atom. The van der Waals surface area contributed by atoms with Crippen LogP contribution in [0.2, 0.25) is 5.02 Å². The van der Waals surface area contributed by atoms with Gasteiger partial charge in [-0.3, -0.25) is 9.80 Å². The number of carbonyl (C=O) groups excluding carboxylic acids is 2. The summed E-state index contributed by atoms with van der Waals surface area (Å²) in [5, 5.41) is 0.578. The molecule has 2 aromatic rings. The van der Waals surface area contributed by atoms with Crippen LogP contribution in [-0.2, 0) is 16.0 Å². The van der Waals surface area contributed by atoms with Gasteiger partial charge in [0.15, 0.2) is 11.5 Å². The zero-order chi connectivity index (χ0) is 24.1. The highest BCUT2D eigenvalue weighted by Gasteiger charge is 2.40. The summed E-state index contributed by atoms with van der Waals surface area (Å²) < 4.78 is 21.4. The number of hydrogen-bond donors (Lipinski definition) is 0. The van der Waals surface area contributed by atoms with Crippen LogP contribution in [0.15, 0.2) is 36.4 Å². The maximum atomic E-state index is 12.9. The molecule has 33 heavy (non-hydrogen) atoms. The summed E-state index contributed by atoms with van der Waals surface area (Å²) in [5.74, 6) is 0.963. The number of amides is 2. The van der Waals surface area contributed by atoms with Gasteiger partial charge in [0.2, 0.25) is 0 Å². The van der Waals surface area contributed by atoms with Crippen LogP contribution < -0.4 is 14.4 Å². The van der Waals surface area contributed by atoms with E-state index in [-0.39, 0.29) is 19.2 Å². The molecule has 2 amide bonds. The Kier molecular flexibility index (Phi) is 7.92. The lowest BCUT2D eigenvalue weighted by Gasteiger charge is -2.42. The molecule has 0 aliphatic carbocycles. The molecule has 1 aliphatic rings. The van der Waals surface area contributed by atoms with Gasteiger partial charge in [-0.25, -0.2) is 9.59 Å². The molecule has 1 heterocycles. The molecule has 0 radical (unpaired) electrons. The molecule has 2 unspecified atom stereocenters. The van der Waals surface area contributed by atoms with Gasteiger partial charge >= 0.3 is 12.2 Å². The van der Waals surface area contributed by atoms with Crippen molar-refractivity contribution >= 4 is 29.5 Å². The van der Waals surface area contributed by atoms with E-state index in [1.165, 1.54) is 21.3 Å². The molecular formula is C24H29ClN2O6. The highest BCUT2D eigenvalue weighted by Crippen LogP contribution is 2.46. The topological polar surface area (TPSA) is 77.5 Å². The van der Waals surface area contributed by atoms with Crippen LogP contribution in [0.25, 0.3) is 0 Å². The monoisotopic (exact) mass is 476 g/mol. The summed E-state index contributed by atoms with van der Waals surface area (Å²) in [6, 6.07) is 10.2. The van der Waals surface area contributed by atoms with Gasteiger partial charge in [-0.1, -0.05) is 23.7 Å². The molecule has 1 aliphatic heterocycles. The highest BCUT2D eigenvalue weighted by molar-refractivity contribution is 6.30. The van der Waals surface area contributed by atoms with E-state index in [0.29, 0.717) is 28.6 Å². The van der Waals surface area contributed by atoms with Crippen molar-refractivity contribution in [1.82, 2.24) is 4.90 Å². The SMILES string of the molecule is CCOC(=O)N1c2cc(OC)c(OC)cc2C(N(Cc2cccc(Cl)c2)C(=O)OC)CC1C. The Morgan fingerprint density at radius 3 is 2.42 bits per heavy atom. The molecule has 0 bridgehead atoms. The van der Waals surface area contributed by atoms with Crippen molar-refractivity contribution < 1.29 is 28.5 Å². The van der Waals surface area contributed by atoms with Gasteiger partial charge in [-0.05, 0) is 44.0 Å². The number of rotatable bonds is 6. The van der Waals surface area contributed by atoms with Crippen LogP contribution in [0.3, 0.4) is 0 Å². The lowest BCUT2D eigenvalue weighted by molar-refractivity contribution is 0.0941. The van der Waals surface area contributed by atoms with Crippen molar-refractivity contribution in [2.24, 2.45) is 0 Å². The Morgan fingerprint density at radius 2 is 1.82 bits per heavy atom. The molecule has 0 N–H and O–H groups in total. The number of benzene rings is 2. The molecule has 8 nitrogen and oxygen atoms in total. The van der Waals surface area contributed by atoms with Gasteiger partial charge < -0.3 is 18.9 Å². The standard InChI is InChI=1S/C24H29ClN2O6/c1-6-33-24(29)27-15(2)10-19(18-12-21(30-3)22(31-4)13-20(18)27)26(23(28)32-5)14-16-8-7-9-17(25)11-16/h7-9,11-13,15,19H,6,10,14H2,1-5H3. The molecule has 9 heteroatoms. The Labute approximate surface area is 198 Å². The third-order valence-electron chi connectivity index (χ3n) is 5.65. The maximum Gasteiger partial charge on any atom is 0.414 e. The fourth-order valence-electron chi connectivity index (χ4n) is 4.17. The third-order valence-corrected chi connectivity index (χ3v) is 5.88. The summed E-state index contributed by atoms with van der Waals surface area (Å²) in [4.78, 5) is 29.0. The van der Waals surface area contributed by atoms with E-state index in [1.807, 2.05) is 25.1 Å². The van der Waals surface area contributed by atoms with Gasteiger partial charge in [0.05, 0.1) is 39.7 Å². The van der Waals surface area contributed by atoms with Crippen LogP contribution in [0.1, 0.15) is 37.4 Å². The van der Waals surface area contributed by atoms with Crippen molar-refractivity contribution in [3.05, 3.63) is 52.5 Å². The second kappa shape index (κ2) is 10.7. The van der Waals surface area contributed by atoms with Crippen LogP contribution in [-0.4, -0.2) is 51.1 Å². The van der Waals surface area contributed by atoms with Crippen molar-refractivity contribution in [1.29, 1.82) is 0 Å². The third kappa shape index (κ3) is 5.11. The molecule has 178 valence electrons. The Balaban J connectivity index is 2.14. The largest absolute Gasteiger partial charge is 0.493 e. The number of hydrogen-bond acceptors (Lipinski definition) is 6. The van der Waals surface area contributed by atoms with E-state index in [1.54, 1.807) is 34.9 Å². The van der Waals surface area contributed by atoms with Crippen LogP contribution in [0.4, 0.5) is 15.3 Å². The molecule has 0 spiro atoms. The normalized spacial score (nSPS) is 17.1. The van der Waals surface area contributed by atoms with Crippen molar-refractivity contribution in [3.8, 4) is 11.5 Å². The zero-order valence-corrected chi connectivity index (χ0v) is 20.2. The van der Waals surface area contributed by atoms with Gasteiger partial charge in [0, 0.05) is 29.2 Å². The summed E-state index contributed by atoms with van der Waals surface area (Å²) in [6.45, 7) is 4.20. The highest BCUT2D eigenvalue weighted by atomic mass is 35.5. The lowest BCUT2D eigenvalue weighted by atomic mass is 9.90. The summed E-state index contributed by atoms with van der Waals surface area (Å²) in [6.07, 6.45) is -0.481. The first-order valence-corrected chi connectivity index (χ1v) is 11.0. The van der Waals surface area contributed by atoms with Gasteiger partial charge in [-0.2, -0.15) is 0 Å². The maximum absolute atomic E-state index is 12.9. The number of halogens is 1. The molecule has 2 aromatic carbocycles. The van der Waals surface area contributed by atoms with Gasteiger partial charge in [0.1, 0.15) is 0 Å². The smallest absolute Gasteiger partial charge is 0.414 e.